The summed E-state index contributed by atoms with van der Waals surface area (Å²) in [6.07, 6.45) is 2.88. The van der Waals surface area contributed by atoms with Crippen LogP contribution in [0.2, 0.25) is 0 Å². The highest BCUT2D eigenvalue weighted by Crippen LogP contribution is 2.36. The van der Waals surface area contributed by atoms with Crippen molar-refractivity contribution in [2.75, 3.05) is 31.1 Å². The van der Waals surface area contributed by atoms with E-state index in [4.69, 9.17) is 9.97 Å². The minimum absolute atomic E-state index is 0.298. The predicted molar refractivity (Wildman–Crippen MR) is 118 cm³/mol. The summed E-state index contributed by atoms with van der Waals surface area (Å²) in [5.74, 6) is 2.56. The smallest absolute Gasteiger partial charge is 0.225 e. The second-order valence-corrected chi connectivity index (χ2v) is 9.38. The van der Waals surface area contributed by atoms with E-state index in [1.165, 1.54) is 21.4 Å². The van der Waals surface area contributed by atoms with Gasteiger partial charge in [-0.25, -0.2) is 9.97 Å². The van der Waals surface area contributed by atoms with E-state index in [1.54, 1.807) is 11.3 Å². The Balaban J connectivity index is 1.46. The largest absolute Gasteiger partial charge is 0.352 e. The summed E-state index contributed by atoms with van der Waals surface area (Å²) < 4.78 is 0. The molecule has 5 nitrogen and oxygen atoms in total. The zero-order valence-corrected chi connectivity index (χ0v) is 17.8. The van der Waals surface area contributed by atoms with Crippen LogP contribution in [0.4, 0.5) is 5.82 Å². The van der Waals surface area contributed by atoms with E-state index in [-0.39, 0.29) is 0 Å². The van der Waals surface area contributed by atoms with E-state index in [0.29, 0.717) is 11.8 Å². The Labute approximate surface area is 175 Å². The fourth-order valence-corrected chi connectivity index (χ4v) is 5.13. The third-order valence-electron chi connectivity index (χ3n) is 6.08. The van der Waals surface area contributed by atoms with Gasteiger partial charge in [-0.2, -0.15) is 0 Å². The molecule has 1 saturated carbocycles. The molecular weight excluding hydrogens is 380 g/mol. The molecule has 2 aliphatic rings. The minimum Gasteiger partial charge on any atom is -0.352 e. The maximum atomic E-state index is 12.4. The predicted octanol–water partition coefficient (Wildman–Crippen LogP) is 3.96. The second-order valence-electron chi connectivity index (χ2n) is 8.18. The van der Waals surface area contributed by atoms with Crippen molar-refractivity contribution in [1.82, 2.24) is 14.9 Å². The first-order chi connectivity index (χ1) is 14.1. The van der Waals surface area contributed by atoms with Gasteiger partial charge in [0.15, 0.2) is 0 Å². The topological polar surface area (TPSA) is 49.3 Å². The molecule has 0 unspecified atom stereocenters. The number of anilines is 1. The van der Waals surface area contributed by atoms with Gasteiger partial charge >= 0.3 is 0 Å². The Morgan fingerprint density at radius 1 is 1.07 bits per heavy atom. The van der Waals surface area contributed by atoms with Gasteiger partial charge in [0.05, 0.1) is 5.39 Å². The van der Waals surface area contributed by atoms with Gasteiger partial charge in [0.25, 0.3) is 0 Å². The second kappa shape index (κ2) is 7.41. The fourth-order valence-electron chi connectivity index (χ4n) is 4.08. The highest BCUT2D eigenvalue weighted by atomic mass is 32.1. The molecule has 3 heterocycles. The van der Waals surface area contributed by atoms with Gasteiger partial charge in [0, 0.05) is 43.4 Å². The monoisotopic (exact) mass is 406 g/mol. The van der Waals surface area contributed by atoms with Crippen molar-refractivity contribution in [3.05, 3.63) is 52.2 Å². The number of piperazine rings is 1. The van der Waals surface area contributed by atoms with Crippen molar-refractivity contribution in [3.63, 3.8) is 0 Å². The number of benzene rings is 1. The lowest BCUT2D eigenvalue weighted by Crippen LogP contribution is -2.49. The van der Waals surface area contributed by atoms with Crippen LogP contribution in [0.25, 0.3) is 10.2 Å². The summed E-state index contributed by atoms with van der Waals surface area (Å²) >= 11 is 1.76. The van der Waals surface area contributed by atoms with E-state index in [2.05, 4.69) is 43.0 Å². The molecule has 0 radical (unpaired) electrons. The van der Waals surface area contributed by atoms with E-state index in [9.17, 15) is 4.79 Å². The Morgan fingerprint density at radius 2 is 1.79 bits per heavy atom. The summed E-state index contributed by atoms with van der Waals surface area (Å²) in [6, 6.07) is 10.4. The summed E-state index contributed by atoms with van der Waals surface area (Å²) in [7, 11) is 0. The number of thiophene rings is 1. The van der Waals surface area contributed by atoms with Gasteiger partial charge in [-0.1, -0.05) is 30.3 Å². The molecule has 1 saturated heterocycles. The number of hydrogen-bond donors (Lipinski definition) is 0. The molecule has 3 aromatic rings. The fraction of sp³-hybridized carbons (Fsp3) is 0.435. The number of hydrogen-bond acceptors (Lipinski definition) is 5. The molecule has 1 aromatic carbocycles. The van der Waals surface area contributed by atoms with Gasteiger partial charge in [0.1, 0.15) is 16.5 Å². The number of carbonyl (C=O) groups is 1. The van der Waals surface area contributed by atoms with Gasteiger partial charge in [-0.05, 0) is 37.8 Å². The Bertz CT molecular complexity index is 1050. The first-order valence-electron chi connectivity index (χ1n) is 10.4. The highest BCUT2D eigenvalue weighted by Gasteiger charge is 2.35. The summed E-state index contributed by atoms with van der Waals surface area (Å²) in [6.45, 7) is 7.58. The summed E-state index contributed by atoms with van der Waals surface area (Å²) in [4.78, 5) is 29.1. The van der Waals surface area contributed by atoms with E-state index >= 15 is 0 Å². The molecule has 150 valence electrons. The van der Waals surface area contributed by atoms with Gasteiger partial charge < -0.3 is 9.80 Å². The van der Waals surface area contributed by atoms with Crippen LogP contribution < -0.4 is 4.90 Å². The van der Waals surface area contributed by atoms with Gasteiger partial charge in [-0.15, -0.1) is 11.3 Å². The maximum Gasteiger partial charge on any atom is 0.225 e. The molecule has 0 atom stereocenters. The molecule has 29 heavy (non-hydrogen) atoms. The van der Waals surface area contributed by atoms with E-state index < -0.39 is 0 Å². The number of amides is 1. The van der Waals surface area contributed by atoms with Crippen LogP contribution in [-0.4, -0.2) is 47.0 Å². The molecule has 0 N–H and O–H groups in total. The molecule has 6 heteroatoms. The Morgan fingerprint density at radius 3 is 2.48 bits per heavy atom. The van der Waals surface area contributed by atoms with Crippen molar-refractivity contribution in [2.45, 2.75) is 33.1 Å². The van der Waals surface area contributed by atoms with Crippen LogP contribution in [0.5, 0.6) is 0 Å². The molecule has 1 aliphatic heterocycles. The first-order valence-corrected chi connectivity index (χ1v) is 11.3. The average Bonchev–Trinajstić information content (AvgIpc) is 3.54. The molecule has 0 spiro atoms. The van der Waals surface area contributed by atoms with E-state index in [0.717, 1.165) is 61.9 Å². The quantitative estimate of drug-likeness (QED) is 0.658. The maximum absolute atomic E-state index is 12.4. The molecule has 1 amide bonds. The SMILES string of the molecule is Cc1sc2nc(Cc3ccccc3)nc(N3CCN(C(=O)C4CC4)CC3)c2c1C. The number of aryl methyl sites for hydroxylation is 2. The zero-order chi connectivity index (χ0) is 20.0. The van der Waals surface area contributed by atoms with Gasteiger partial charge in [-0.3, -0.25) is 4.79 Å². The number of nitrogens with zero attached hydrogens (tertiary/aromatic N) is 4. The minimum atomic E-state index is 0.298. The van der Waals surface area contributed by atoms with Crippen LogP contribution in [0.15, 0.2) is 30.3 Å². The number of aromatic nitrogens is 2. The van der Waals surface area contributed by atoms with Crippen LogP contribution in [0, 0.1) is 19.8 Å². The molecular formula is C23H26N4OS. The molecule has 2 fully saturated rings. The van der Waals surface area contributed by atoms with Gasteiger partial charge in [0.2, 0.25) is 5.91 Å². The standard InChI is InChI=1S/C23H26N4OS/c1-15-16(2)29-22-20(15)21(24-19(25-22)14-17-6-4-3-5-7-17)26-10-12-27(13-11-26)23(28)18-8-9-18/h3-7,18H,8-14H2,1-2H3. The van der Waals surface area contributed by atoms with Crippen molar-refractivity contribution in [1.29, 1.82) is 0 Å². The molecule has 2 aromatic heterocycles. The number of fused-ring (bicyclic) bond motifs is 1. The lowest BCUT2D eigenvalue weighted by atomic mass is 10.1. The van der Waals surface area contributed by atoms with Crippen molar-refractivity contribution >= 4 is 33.3 Å². The lowest BCUT2D eigenvalue weighted by Gasteiger charge is -2.36. The summed E-state index contributed by atoms with van der Waals surface area (Å²) in [5, 5.41) is 1.19. The average molecular weight is 407 g/mol. The van der Waals surface area contributed by atoms with Crippen LogP contribution in [0.3, 0.4) is 0 Å². The molecule has 0 bridgehead atoms. The van der Waals surface area contributed by atoms with Crippen molar-refractivity contribution < 1.29 is 4.79 Å². The zero-order valence-electron chi connectivity index (χ0n) is 17.0. The molecule has 1 aliphatic carbocycles. The normalized spacial score (nSPS) is 17.2. The van der Waals surface area contributed by atoms with Crippen LogP contribution >= 0.6 is 11.3 Å². The third kappa shape index (κ3) is 3.62. The Hall–Kier alpha value is -2.47. The summed E-state index contributed by atoms with van der Waals surface area (Å²) in [5.41, 5.74) is 2.50. The Kier molecular flexibility index (Phi) is 4.74. The molecule has 5 rings (SSSR count). The first kappa shape index (κ1) is 18.6. The lowest BCUT2D eigenvalue weighted by molar-refractivity contribution is -0.132. The highest BCUT2D eigenvalue weighted by molar-refractivity contribution is 7.18. The van der Waals surface area contributed by atoms with Crippen LogP contribution in [0.1, 0.15) is 34.7 Å². The third-order valence-corrected chi connectivity index (χ3v) is 7.18. The number of rotatable bonds is 4. The van der Waals surface area contributed by atoms with Crippen LogP contribution in [-0.2, 0) is 11.2 Å². The van der Waals surface area contributed by atoms with Crippen molar-refractivity contribution in [2.24, 2.45) is 5.92 Å². The van der Waals surface area contributed by atoms with Crippen molar-refractivity contribution in [3.8, 4) is 0 Å². The number of carbonyl (C=O) groups excluding carboxylic acids is 1. The van der Waals surface area contributed by atoms with E-state index in [1.807, 2.05) is 11.0 Å².